The smallest absolute Gasteiger partial charge is 0.134 e. The Kier molecular flexibility index (Phi) is 10.1. The lowest BCUT2D eigenvalue weighted by Crippen LogP contribution is -2.27. The fraction of sp³-hybridized carbons (Fsp3) is 0.559. The van der Waals surface area contributed by atoms with Crippen LogP contribution in [0.3, 0.4) is 0 Å². The molecule has 2 aliphatic rings. The molecule has 1 unspecified atom stereocenters. The zero-order chi connectivity index (χ0) is 25.8. The molecule has 1 heterocycles. The molecule has 206 valence electrons. The third-order valence-electron chi connectivity index (χ3n) is 9.19. The number of aromatic nitrogens is 1. The van der Waals surface area contributed by atoms with Crippen molar-refractivity contribution in [2.75, 3.05) is 0 Å². The van der Waals surface area contributed by atoms with Crippen LogP contribution in [0.4, 0.5) is 0 Å². The number of ketones is 1. The minimum atomic E-state index is 0. The van der Waals surface area contributed by atoms with Crippen molar-refractivity contribution in [3.63, 3.8) is 0 Å². The van der Waals surface area contributed by atoms with Crippen LogP contribution in [0.15, 0.2) is 54.7 Å². The number of rotatable bonds is 9. The second kappa shape index (κ2) is 13.3. The van der Waals surface area contributed by atoms with Gasteiger partial charge in [-0.3, -0.25) is 4.79 Å². The van der Waals surface area contributed by atoms with Crippen LogP contribution < -0.4 is 5.73 Å². The van der Waals surface area contributed by atoms with E-state index < -0.39 is 0 Å². The van der Waals surface area contributed by atoms with Gasteiger partial charge >= 0.3 is 0 Å². The lowest BCUT2D eigenvalue weighted by molar-refractivity contribution is -0.120. The summed E-state index contributed by atoms with van der Waals surface area (Å²) in [5, 5.41) is 1.31. The standard InChI is InChI=1S/C34H46N2O.ClH/c1-24(2)27-11-8-12-28(20-27)32(21-30(37)19-25-15-17-29(35)18-16-25)33-23-36(22-26-9-4-3-5-10-26)34-14-7-6-13-31(33)34;/h6-8,11-14,20,23-26,29,32H,3-5,9-10,15-19,21-22,35H2,1-2H3;1H. The molecule has 2 N–H and O–H groups in total. The Bertz CT molecular complexity index is 1180. The van der Waals surface area contributed by atoms with Crippen LogP contribution in [0, 0.1) is 11.8 Å². The summed E-state index contributed by atoms with van der Waals surface area (Å²) in [6.45, 7) is 5.60. The topological polar surface area (TPSA) is 48.0 Å². The summed E-state index contributed by atoms with van der Waals surface area (Å²) >= 11 is 0. The van der Waals surface area contributed by atoms with E-state index in [2.05, 4.69) is 73.1 Å². The van der Waals surface area contributed by atoms with E-state index in [4.69, 9.17) is 5.73 Å². The van der Waals surface area contributed by atoms with Gasteiger partial charge in [0.05, 0.1) is 0 Å². The average molecular weight is 535 g/mol. The highest BCUT2D eigenvalue weighted by atomic mass is 35.5. The third kappa shape index (κ3) is 6.90. The maximum absolute atomic E-state index is 13.6. The van der Waals surface area contributed by atoms with E-state index in [1.165, 1.54) is 59.7 Å². The van der Waals surface area contributed by atoms with Gasteiger partial charge in [-0.1, -0.05) is 75.6 Å². The van der Waals surface area contributed by atoms with E-state index in [0.29, 0.717) is 36.5 Å². The first kappa shape index (κ1) is 28.9. The second-order valence-corrected chi connectivity index (χ2v) is 12.4. The molecular weight excluding hydrogens is 488 g/mol. The minimum absolute atomic E-state index is 0. The lowest BCUT2D eigenvalue weighted by Gasteiger charge is -2.26. The molecule has 2 fully saturated rings. The molecule has 0 saturated heterocycles. The maximum Gasteiger partial charge on any atom is 0.134 e. The summed E-state index contributed by atoms with van der Waals surface area (Å²) in [7, 11) is 0. The van der Waals surface area contributed by atoms with E-state index in [0.717, 1.165) is 38.1 Å². The van der Waals surface area contributed by atoms with Crippen LogP contribution in [0.5, 0.6) is 0 Å². The molecule has 2 aliphatic carbocycles. The maximum atomic E-state index is 13.6. The first-order chi connectivity index (χ1) is 18.0. The van der Waals surface area contributed by atoms with Crippen molar-refractivity contribution < 1.29 is 4.79 Å². The Morgan fingerprint density at radius 3 is 2.34 bits per heavy atom. The number of Topliss-reactive ketones (excluding diaryl/α,β-unsaturated/α-hetero) is 1. The van der Waals surface area contributed by atoms with Gasteiger partial charge in [0, 0.05) is 48.4 Å². The monoisotopic (exact) mass is 534 g/mol. The zero-order valence-electron chi connectivity index (χ0n) is 23.4. The first-order valence-corrected chi connectivity index (χ1v) is 14.9. The molecule has 3 aromatic rings. The van der Waals surface area contributed by atoms with Gasteiger partial charge in [0.15, 0.2) is 0 Å². The van der Waals surface area contributed by atoms with Gasteiger partial charge in [-0.2, -0.15) is 0 Å². The Morgan fingerprint density at radius 1 is 0.895 bits per heavy atom. The third-order valence-corrected chi connectivity index (χ3v) is 9.19. The molecule has 0 bridgehead atoms. The summed E-state index contributed by atoms with van der Waals surface area (Å²) in [5.41, 5.74) is 11.4. The van der Waals surface area contributed by atoms with Crippen molar-refractivity contribution in [3.05, 3.63) is 71.4 Å². The highest BCUT2D eigenvalue weighted by Gasteiger charge is 2.27. The van der Waals surface area contributed by atoms with Crippen molar-refractivity contribution in [1.82, 2.24) is 4.57 Å². The Hall–Kier alpha value is -2.10. The summed E-state index contributed by atoms with van der Waals surface area (Å²) < 4.78 is 2.51. The van der Waals surface area contributed by atoms with Crippen molar-refractivity contribution >= 4 is 29.1 Å². The van der Waals surface area contributed by atoms with Gasteiger partial charge in [0.25, 0.3) is 0 Å². The van der Waals surface area contributed by atoms with Crippen LogP contribution >= 0.6 is 12.4 Å². The summed E-state index contributed by atoms with van der Waals surface area (Å²) in [5.74, 6) is 2.23. The van der Waals surface area contributed by atoms with Crippen molar-refractivity contribution in [2.45, 2.75) is 109 Å². The van der Waals surface area contributed by atoms with Gasteiger partial charge < -0.3 is 10.3 Å². The van der Waals surface area contributed by atoms with Crippen LogP contribution in [0.2, 0.25) is 0 Å². The molecule has 5 rings (SSSR count). The molecule has 38 heavy (non-hydrogen) atoms. The van der Waals surface area contributed by atoms with Crippen LogP contribution in [0.1, 0.15) is 113 Å². The molecule has 2 aromatic carbocycles. The number of hydrogen-bond acceptors (Lipinski definition) is 2. The highest BCUT2D eigenvalue weighted by Crippen LogP contribution is 2.38. The number of nitrogens with two attached hydrogens (primary N) is 1. The Labute approximate surface area is 236 Å². The molecule has 0 amide bonds. The zero-order valence-corrected chi connectivity index (χ0v) is 24.2. The number of carbonyl (C=O) groups excluding carboxylic acids is 1. The second-order valence-electron chi connectivity index (χ2n) is 12.4. The average Bonchev–Trinajstić information content (AvgIpc) is 3.27. The predicted molar refractivity (Wildman–Crippen MR) is 162 cm³/mol. The number of carbonyl (C=O) groups is 1. The van der Waals surface area contributed by atoms with E-state index in [9.17, 15) is 4.79 Å². The molecule has 0 radical (unpaired) electrons. The Balaban J connectivity index is 0.00000336. The number of nitrogens with zero attached hydrogens (tertiary/aromatic N) is 1. The van der Waals surface area contributed by atoms with Crippen molar-refractivity contribution in [3.8, 4) is 0 Å². The van der Waals surface area contributed by atoms with Crippen LogP contribution in [0.25, 0.3) is 10.9 Å². The Morgan fingerprint density at radius 2 is 1.61 bits per heavy atom. The van der Waals surface area contributed by atoms with Crippen molar-refractivity contribution in [1.29, 1.82) is 0 Å². The number of benzene rings is 2. The van der Waals surface area contributed by atoms with Crippen molar-refractivity contribution in [2.24, 2.45) is 17.6 Å². The predicted octanol–water partition coefficient (Wildman–Crippen LogP) is 8.77. The summed E-state index contributed by atoms with van der Waals surface area (Å²) in [6.07, 6.45) is 14.8. The number of fused-ring (bicyclic) bond motifs is 1. The quantitative estimate of drug-likeness (QED) is 0.298. The van der Waals surface area contributed by atoms with Gasteiger partial charge in [0.1, 0.15) is 5.78 Å². The molecule has 2 saturated carbocycles. The number of hydrogen-bond donors (Lipinski definition) is 1. The van der Waals surface area contributed by atoms with Crippen LogP contribution in [-0.2, 0) is 11.3 Å². The molecule has 4 heteroatoms. The fourth-order valence-corrected chi connectivity index (χ4v) is 6.92. The highest BCUT2D eigenvalue weighted by molar-refractivity contribution is 5.87. The minimum Gasteiger partial charge on any atom is -0.347 e. The first-order valence-electron chi connectivity index (χ1n) is 14.9. The SMILES string of the molecule is CC(C)c1cccc(C(CC(=O)CC2CCC(N)CC2)c2cn(CC3CCCCC3)c3ccccc23)c1.Cl. The molecule has 1 atom stereocenters. The van der Waals surface area contributed by atoms with Gasteiger partial charge in [0.2, 0.25) is 0 Å². The summed E-state index contributed by atoms with van der Waals surface area (Å²) in [4.78, 5) is 13.6. The molecular formula is C34H47ClN2O. The normalized spacial score (nSPS) is 21.4. The van der Waals surface area contributed by atoms with Crippen LogP contribution in [-0.4, -0.2) is 16.4 Å². The molecule has 1 aromatic heterocycles. The largest absolute Gasteiger partial charge is 0.347 e. The number of para-hydroxylation sites is 1. The van der Waals surface area contributed by atoms with E-state index in [1.54, 1.807) is 0 Å². The molecule has 0 aliphatic heterocycles. The van der Waals surface area contributed by atoms with Gasteiger partial charge in [-0.05, 0) is 79.0 Å². The molecule has 0 spiro atoms. The van der Waals surface area contributed by atoms with E-state index in [-0.39, 0.29) is 18.3 Å². The van der Waals surface area contributed by atoms with Gasteiger partial charge in [-0.25, -0.2) is 0 Å². The fourth-order valence-electron chi connectivity index (χ4n) is 6.92. The lowest BCUT2D eigenvalue weighted by atomic mass is 9.80. The molecule has 3 nitrogen and oxygen atoms in total. The summed E-state index contributed by atoms with van der Waals surface area (Å²) in [6, 6.07) is 18.2. The van der Waals surface area contributed by atoms with E-state index >= 15 is 0 Å². The number of halogens is 1. The van der Waals surface area contributed by atoms with E-state index in [1.807, 2.05) is 0 Å². The van der Waals surface area contributed by atoms with Gasteiger partial charge in [-0.15, -0.1) is 12.4 Å².